The molecule has 24 heavy (non-hydrogen) atoms. The van der Waals surface area contributed by atoms with Crippen LogP contribution in [0.1, 0.15) is 90.9 Å². The van der Waals surface area contributed by atoms with Crippen LogP contribution < -0.4 is 0 Å². The zero-order valence-electron chi connectivity index (χ0n) is 16.0. The molecule has 142 valence electrons. The van der Waals surface area contributed by atoms with Gasteiger partial charge < -0.3 is 14.7 Å². The molecule has 0 amide bonds. The maximum atomic E-state index is 10.9. The van der Waals surface area contributed by atoms with Crippen LogP contribution in [0.4, 0.5) is 0 Å². The number of ketones is 1. The molecule has 0 rings (SSSR count). The summed E-state index contributed by atoms with van der Waals surface area (Å²) < 4.78 is 0. The molecule has 1 atom stereocenters. The first kappa shape index (κ1) is 23.3. The number of aliphatic hydroxyl groups is 1. The highest BCUT2D eigenvalue weighted by atomic mass is 16.3. The average Bonchev–Trinajstić information content (AvgIpc) is 2.57. The van der Waals surface area contributed by atoms with Gasteiger partial charge >= 0.3 is 0 Å². The third-order valence-electron chi connectivity index (χ3n) is 4.63. The average molecular weight is 342 g/mol. The Labute approximate surface area is 149 Å². The molecule has 0 aromatic carbocycles. The molecule has 0 bridgehead atoms. The summed E-state index contributed by atoms with van der Waals surface area (Å²) in [6.45, 7) is 6.09. The quantitative estimate of drug-likeness (QED) is 0.301. The lowest BCUT2D eigenvalue weighted by molar-refractivity contribution is -0.117. The number of Topliss-reactive ketones (excluding diaryl/α,β-unsaturated/α-hetero) is 1. The standard InChI is InChI=1S/C20H39NO3/c1-19(18-23)21(15-11-7-3-4-9-13-17-22)16-12-8-5-6-10-14-20(2)24/h17,19,23H,3-16,18H2,1-2H3. The first-order chi connectivity index (χ1) is 11.6. The van der Waals surface area contributed by atoms with Crippen molar-refractivity contribution in [2.75, 3.05) is 19.7 Å². The van der Waals surface area contributed by atoms with E-state index in [9.17, 15) is 14.7 Å². The number of aldehydes is 1. The number of carbonyl (C=O) groups is 2. The van der Waals surface area contributed by atoms with Gasteiger partial charge in [0.05, 0.1) is 6.61 Å². The summed E-state index contributed by atoms with van der Waals surface area (Å²) in [7, 11) is 0. The first-order valence-corrected chi connectivity index (χ1v) is 9.89. The van der Waals surface area contributed by atoms with E-state index in [4.69, 9.17) is 0 Å². The Morgan fingerprint density at radius 1 is 0.917 bits per heavy atom. The lowest BCUT2D eigenvalue weighted by atomic mass is 10.1. The van der Waals surface area contributed by atoms with E-state index in [1.807, 2.05) is 0 Å². The summed E-state index contributed by atoms with van der Waals surface area (Å²) in [6, 6.07) is 0.234. The van der Waals surface area contributed by atoms with Crippen LogP contribution in [0.3, 0.4) is 0 Å². The van der Waals surface area contributed by atoms with Crippen molar-refractivity contribution in [3.63, 3.8) is 0 Å². The van der Waals surface area contributed by atoms with Crippen LogP contribution in [-0.2, 0) is 9.59 Å². The monoisotopic (exact) mass is 341 g/mol. The van der Waals surface area contributed by atoms with Gasteiger partial charge in [-0.25, -0.2) is 0 Å². The van der Waals surface area contributed by atoms with E-state index in [2.05, 4.69) is 11.8 Å². The number of nitrogens with zero attached hydrogens (tertiary/aromatic N) is 1. The second kappa shape index (κ2) is 17.1. The molecule has 0 radical (unpaired) electrons. The van der Waals surface area contributed by atoms with Gasteiger partial charge in [0.25, 0.3) is 0 Å². The van der Waals surface area contributed by atoms with Crippen molar-refractivity contribution in [1.82, 2.24) is 4.90 Å². The highest BCUT2D eigenvalue weighted by molar-refractivity contribution is 5.75. The number of rotatable bonds is 18. The summed E-state index contributed by atoms with van der Waals surface area (Å²) in [4.78, 5) is 23.5. The van der Waals surface area contributed by atoms with Gasteiger partial charge in [0.15, 0.2) is 0 Å². The van der Waals surface area contributed by atoms with E-state index >= 15 is 0 Å². The molecule has 0 saturated heterocycles. The Balaban J connectivity index is 3.70. The van der Waals surface area contributed by atoms with Crippen molar-refractivity contribution >= 4 is 12.1 Å². The van der Waals surface area contributed by atoms with Gasteiger partial charge in [0.2, 0.25) is 0 Å². The van der Waals surface area contributed by atoms with Gasteiger partial charge in [0, 0.05) is 18.9 Å². The Hall–Kier alpha value is -0.740. The predicted molar refractivity (Wildman–Crippen MR) is 100 cm³/mol. The van der Waals surface area contributed by atoms with Crippen molar-refractivity contribution in [3.8, 4) is 0 Å². The lowest BCUT2D eigenvalue weighted by Gasteiger charge is -2.27. The molecule has 4 nitrogen and oxygen atoms in total. The Morgan fingerprint density at radius 3 is 1.92 bits per heavy atom. The van der Waals surface area contributed by atoms with Crippen LogP contribution in [0.25, 0.3) is 0 Å². The van der Waals surface area contributed by atoms with Gasteiger partial charge in [-0.15, -0.1) is 0 Å². The number of carbonyl (C=O) groups excluding carboxylic acids is 2. The third-order valence-corrected chi connectivity index (χ3v) is 4.63. The zero-order valence-corrected chi connectivity index (χ0v) is 16.0. The molecule has 4 heteroatoms. The van der Waals surface area contributed by atoms with Gasteiger partial charge in [0.1, 0.15) is 12.1 Å². The second-order valence-corrected chi connectivity index (χ2v) is 7.01. The summed E-state index contributed by atoms with van der Waals surface area (Å²) in [5, 5.41) is 9.42. The van der Waals surface area contributed by atoms with E-state index in [0.717, 1.165) is 51.5 Å². The van der Waals surface area contributed by atoms with E-state index in [-0.39, 0.29) is 12.6 Å². The lowest BCUT2D eigenvalue weighted by Crippen LogP contribution is -2.37. The highest BCUT2D eigenvalue weighted by Crippen LogP contribution is 2.11. The van der Waals surface area contributed by atoms with Crippen molar-refractivity contribution in [3.05, 3.63) is 0 Å². The number of aliphatic hydroxyl groups excluding tert-OH is 1. The third kappa shape index (κ3) is 14.8. The minimum Gasteiger partial charge on any atom is -0.395 e. The molecule has 1 unspecified atom stereocenters. The fourth-order valence-corrected chi connectivity index (χ4v) is 2.96. The van der Waals surface area contributed by atoms with E-state index in [1.54, 1.807) is 6.92 Å². The van der Waals surface area contributed by atoms with Crippen molar-refractivity contribution in [1.29, 1.82) is 0 Å². The van der Waals surface area contributed by atoms with Crippen LogP contribution in [0, 0.1) is 0 Å². The molecule has 0 aliphatic carbocycles. The van der Waals surface area contributed by atoms with Crippen molar-refractivity contribution in [2.45, 2.75) is 96.9 Å². The summed E-state index contributed by atoms with van der Waals surface area (Å²) >= 11 is 0. The summed E-state index contributed by atoms with van der Waals surface area (Å²) in [6.07, 6.45) is 13.9. The van der Waals surface area contributed by atoms with Crippen molar-refractivity contribution < 1.29 is 14.7 Å². The van der Waals surface area contributed by atoms with Gasteiger partial charge in [-0.2, -0.15) is 0 Å². The molecular weight excluding hydrogens is 302 g/mol. The molecular formula is C20H39NO3. The maximum Gasteiger partial charge on any atom is 0.129 e. The van der Waals surface area contributed by atoms with Crippen LogP contribution in [0.15, 0.2) is 0 Å². The fourth-order valence-electron chi connectivity index (χ4n) is 2.96. The SMILES string of the molecule is CC(=O)CCCCCCCN(CCCCCCCC=O)C(C)CO. The molecule has 0 aromatic rings. The normalized spacial score (nSPS) is 12.5. The summed E-state index contributed by atoms with van der Waals surface area (Å²) in [5.74, 6) is 0.295. The molecule has 0 heterocycles. The smallest absolute Gasteiger partial charge is 0.129 e. The summed E-state index contributed by atoms with van der Waals surface area (Å²) in [5.41, 5.74) is 0. The molecule has 0 aliphatic heterocycles. The molecule has 0 aliphatic rings. The van der Waals surface area contributed by atoms with E-state index in [0.29, 0.717) is 12.2 Å². The molecule has 0 aromatic heterocycles. The van der Waals surface area contributed by atoms with Gasteiger partial charge in [-0.05, 0) is 52.6 Å². The van der Waals surface area contributed by atoms with Crippen LogP contribution in [0.2, 0.25) is 0 Å². The zero-order chi connectivity index (χ0) is 18.0. The fraction of sp³-hybridized carbons (Fsp3) is 0.900. The largest absolute Gasteiger partial charge is 0.395 e. The Morgan fingerprint density at radius 2 is 1.42 bits per heavy atom. The Bertz CT molecular complexity index is 307. The first-order valence-electron chi connectivity index (χ1n) is 9.89. The molecule has 1 N–H and O–H groups in total. The van der Waals surface area contributed by atoms with Crippen LogP contribution >= 0.6 is 0 Å². The minimum atomic E-state index is 0.220. The van der Waals surface area contributed by atoms with Crippen LogP contribution in [-0.4, -0.2) is 47.8 Å². The maximum absolute atomic E-state index is 10.9. The minimum absolute atomic E-state index is 0.220. The van der Waals surface area contributed by atoms with Gasteiger partial charge in [-0.3, -0.25) is 4.90 Å². The Kier molecular flexibility index (Phi) is 16.6. The number of hydrogen-bond acceptors (Lipinski definition) is 4. The molecule has 0 saturated carbocycles. The number of unbranched alkanes of at least 4 members (excludes halogenated alkanes) is 9. The predicted octanol–water partition coefficient (Wildman–Crippen LogP) is 4.14. The highest BCUT2D eigenvalue weighted by Gasteiger charge is 2.11. The van der Waals surface area contributed by atoms with E-state index < -0.39 is 0 Å². The van der Waals surface area contributed by atoms with Crippen LogP contribution in [0.5, 0.6) is 0 Å². The molecule has 0 fully saturated rings. The van der Waals surface area contributed by atoms with Gasteiger partial charge in [-0.1, -0.05) is 38.5 Å². The molecule has 0 spiro atoms. The topological polar surface area (TPSA) is 57.6 Å². The van der Waals surface area contributed by atoms with Crippen molar-refractivity contribution in [2.24, 2.45) is 0 Å². The van der Waals surface area contributed by atoms with E-state index in [1.165, 1.54) is 38.5 Å². The number of hydrogen-bond donors (Lipinski definition) is 1. The second-order valence-electron chi connectivity index (χ2n) is 7.01.